The number of hydrogen-bond donors (Lipinski definition) is 2. The lowest BCUT2D eigenvalue weighted by molar-refractivity contribution is -0.135. The van der Waals surface area contributed by atoms with E-state index in [1.54, 1.807) is 17.0 Å². The van der Waals surface area contributed by atoms with Crippen LogP contribution in [0.3, 0.4) is 0 Å². The van der Waals surface area contributed by atoms with Gasteiger partial charge in [0.2, 0.25) is 11.8 Å². The van der Waals surface area contributed by atoms with Crippen molar-refractivity contribution < 1.29 is 9.59 Å². The van der Waals surface area contributed by atoms with Crippen molar-refractivity contribution in [3.05, 3.63) is 29.8 Å². The quantitative estimate of drug-likeness (QED) is 0.802. The predicted octanol–water partition coefficient (Wildman–Crippen LogP) is 0.880. The molecule has 2 rings (SSSR count). The molecular formula is C15H21N3O2. The number of primary amides is 1. The average Bonchev–Trinajstić information content (AvgIpc) is 2.88. The van der Waals surface area contributed by atoms with E-state index in [0.717, 1.165) is 5.56 Å². The summed E-state index contributed by atoms with van der Waals surface area (Å²) in [5, 5.41) is 0. The summed E-state index contributed by atoms with van der Waals surface area (Å²) in [6.07, 6.45) is 0.652. The molecule has 1 aliphatic heterocycles. The van der Waals surface area contributed by atoms with Gasteiger partial charge in [-0.1, -0.05) is 12.1 Å². The molecule has 0 radical (unpaired) electrons. The van der Waals surface area contributed by atoms with Crippen molar-refractivity contribution >= 4 is 17.5 Å². The fourth-order valence-electron chi connectivity index (χ4n) is 2.60. The van der Waals surface area contributed by atoms with Gasteiger partial charge < -0.3 is 16.4 Å². The molecule has 1 heterocycles. The minimum atomic E-state index is -0.639. The van der Waals surface area contributed by atoms with Crippen LogP contribution in [-0.4, -0.2) is 29.8 Å². The van der Waals surface area contributed by atoms with Gasteiger partial charge in [-0.3, -0.25) is 9.59 Å². The first-order chi connectivity index (χ1) is 9.32. The van der Waals surface area contributed by atoms with Gasteiger partial charge in [0, 0.05) is 18.8 Å². The van der Waals surface area contributed by atoms with Gasteiger partial charge in [0.15, 0.2) is 0 Å². The van der Waals surface area contributed by atoms with E-state index in [1.165, 1.54) is 0 Å². The first kappa shape index (κ1) is 14.4. The lowest BCUT2D eigenvalue weighted by atomic mass is 9.83. The van der Waals surface area contributed by atoms with Crippen molar-refractivity contribution in [2.75, 3.05) is 18.8 Å². The number of carbonyl (C=O) groups excluding carboxylic acids is 2. The summed E-state index contributed by atoms with van der Waals surface area (Å²) in [5.74, 6) is -0.530. The largest absolute Gasteiger partial charge is 0.399 e. The molecule has 0 bridgehead atoms. The van der Waals surface area contributed by atoms with Gasteiger partial charge in [-0.15, -0.1) is 0 Å². The highest BCUT2D eigenvalue weighted by Gasteiger charge is 2.38. The number of amides is 2. The molecule has 20 heavy (non-hydrogen) atoms. The molecule has 0 saturated carbocycles. The molecule has 0 aliphatic carbocycles. The molecule has 0 spiro atoms. The second-order valence-corrected chi connectivity index (χ2v) is 5.89. The van der Waals surface area contributed by atoms with Crippen molar-refractivity contribution in [2.45, 2.75) is 25.7 Å². The number of carbonyl (C=O) groups is 2. The Bertz CT molecular complexity index is 522. The van der Waals surface area contributed by atoms with Crippen LogP contribution in [0.4, 0.5) is 5.69 Å². The SMILES string of the molecule is CC(C)(C(=O)N1CCC(C(N)=O)C1)c1ccc(N)cc1. The first-order valence-corrected chi connectivity index (χ1v) is 6.77. The van der Waals surface area contributed by atoms with Gasteiger partial charge in [-0.2, -0.15) is 0 Å². The number of rotatable bonds is 3. The van der Waals surface area contributed by atoms with Crippen LogP contribution < -0.4 is 11.5 Å². The average molecular weight is 275 g/mol. The highest BCUT2D eigenvalue weighted by molar-refractivity contribution is 5.88. The molecular weight excluding hydrogens is 254 g/mol. The molecule has 2 amide bonds. The van der Waals surface area contributed by atoms with Crippen LogP contribution >= 0.6 is 0 Å². The fourth-order valence-corrected chi connectivity index (χ4v) is 2.60. The first-order valence-electron chi connectivity index (χ1n) is 6.77. The van der Waals surface area contributed by atoms with Gasteiger partial charge in [0.1, 0.15) is 0 Å². The number of nitrogen functional groups attached to an aromatic ring is 1. The molecule has 1 unspecified atom stereocenters. The molecule has 108 valence electrons. The lowest BCUT2D eigenvalue weighted by Gasteiger charge is -2.29. The fraction of sp³-hybridized carbons (Fsp3) is 0.467. The van der Waals surface area contributed by atoms with Gasteiger partial charge in [0.05, 0.1) is 11.3 Å². The minimum Gasteiger partial charge on any atom is -0.399 e. The normalized spacial score (nSPS) is 19.1. The summed E-state index contributed by atoms with van der Waals surface area (Å²) >= 11 is 0. The summed E-state index contributed by atoms with van der Waals surface area (Å²) in [7, 11) is 0. The Kier molecular flexibility index (Phi) is 3.70. The summed E-state index contributed by atoms with van der Waals surface area (Å²) in [4.78, 5) is 25.6. The van der Waals surface area contributed by atoms with Crippen LogP contribution in [0.1, 0.15) is 25.8 Å². The molecule has 1 fully saturated rings. The van der Waals surface area contributed by atoms with Gasteiger partial charge in [0.25, 0.3) is 0 Å². The van der Waals surface area contributed by atoms with Crippen molar-refractivity contribution in [1.29, 1.82) is 0 Å². The van der Waals surface area contributed by atoms with E-state index in [0.29, 0.717) is 25.2 Å². The zero-order valence-corrected chi connectivity index (χ0v) is 11.9. The molecule has 1 saturated heterocycles. The Labute approximate surface area is 118 Å². The molecule has 0 aromatic heterocycles. The van der Waals surface area contributed by atoms with Crippen molar-refractivity contribution in [3.8, 4) is 0 Å². The van der Waals surface area contributed by atoms with Crippen LogP contribution in [0.5, 0.6) is 0 Å². The number of nitrogens with zero attached hydrogens (tertiary/aromatic N) is 1. The van der Waals surface area contributed by atoms with Crippen LogP contribution in [0.15, 0.2) is 24.3 Å². The summed E-state index contributed by atoms with van der Waals surface area (Å²) in [6, 6.07) is 7.32. The topological polar surface area (TPSA) is 89.4 Å². The van der Waals surface area contributed by atoms with Crippen molar-refractivity contribution in [2.24, 2.45) is 11.7 Å². The third-order valence-corrected chi connectivity index (χ3v) is 4.04. The highest BCUT2D eigenvalue weighted by Crippen LogP contribution is 2.29. The highest BCUT2D eigenvalue weighted by atomic mass is 16.2. The molecule has 5 nitrogen and oxygen atoms in total. The van der Waals surface area contributed by atoms with E-state index in [2.05, 4.69) is 0 Å². The van der Waals surface area contributed by atoms with E-state index >= 15 is 0 Å². The second-order valence-electron chi connectivity index (χ2n) is 5.89. The number of anilines is 1. The smallest absolute Gasteiger partial charge is 0.232 e. The van der Waals surface area contributed by atoms with E-state index in [1.807, 2.05) is 26.0 Å². The minimum absolute atomic E-state index is 0.0195. The maximum atomic E-state index is 12.7. The van der Waals surface area contributed by atoms with Crippen LogP contribution in [0, 0.1) is 5.92 Å². The molecule has 5 heteroatoms. The Morgan fingerprint density at radius 3 is 2.35 bits per heavy atom. The summed E-state index contributed by atoms with van der Waals surface area (Å²) in [5.41, 5.74) is 11.9. The third kappa shape index (κ3) is 2.61. The maximum absolute atomic E-state index is 12.7. The van der Waals surface area contributed by atoms with Gasteiger partial charge in [-0.05, 0) is 38.0 Å². The lowest BCUT2D eigenvalue weighted by Crippen LogP contribution is -2.43. The zero-order chi connectivity index (χ0) is 14.9. The summed E-state index contributed by atoms with van der Waals surface area (Å²) in [6.45, 7) is 4.79. The Morgan fingerprint density at radius 1 is 1.25 bits per heavy atom. The number of hydrogen-bond acceptors (Lipinski definition) is 3. The molecule has 1 aromatic carbocycles. The Hall–Kier alpha value is -2.04. The second kappa shape index (κ2) is 5.15. The summed E-state index contributed by atoms with van der Waals surface area (Å²) < 4.78 is 0. The van der Waals surface area contributed by atoms with E-state index in [-0.39, 0.29) is 17.7 Å². The Morgan fingerprint density at radius 2 is 1.85 bits per heavy atom. The van der Waals surface area contributed by atoms with Gasteiger partial charge in [-0.25, -0.2) is 0 Å². The molecule has 4 N–H and O–H groups in total. The Balaban J connectivity index is 2.15. The van der Waals surface area contributed by atoms with E-state index in [9.17, 15) is 9.59 Å². The predicted molar refractivity (Wildman–Crippen MR) is 77.8 cm³/mol. The monoisotopic (exact) mass is 275 g/mol. The molecule has 1 aromatic rings. The maximum Gasteiger partial charge on any atom is 0.232 e. The van der Waals surface area contributed by atoms with E-state index < -0.39 is 5.41 Å². The number of nitrogens with two attached hydrogens (primary N) is 2. The standard InChI is InChI=1S/C15H21N3O2/c1-15(2,11-3-5-12(16)6-4-11)14(20)18-8-7-10(9-18)13(17)19/h3-6,10H,7-9,16H2,1-2H3,(H2,17,19). The molecule has 1 atom stereocenters. The van der Waals surface area contributed by atoms with Crippen molar-refractivity contribution in [3.63, 3.8) is 0 Å². The zero-order valence-electron chi connectivity index (χ0n) is 11.9. The number of benzene rings is 1. The van der Waals surface area contributed by atoms with Crippen LogP contribution in [-0.2, 0) is 15.0 Å². The number of likely N-dealkylation sites (tertiary alicyclic amines) is 1. The third-order valence-electron chi connectivity index (χ3n) is 4.04. The van der Waals surface area contributed by atoms with Crippen LogP contribution in [0.25, 0.3) is 0 Å². The van der Waals surface area contributed by atoms with Crippen molar-refractivity contribution in [1.82, 2.24) is 4.90 Å². The van der Waals surface area contributed by atoms with Gasteiger partial charge >= 0.3 is 0 Å². The molecule has 1 aliphatic rings. The van der Waals surface area contributed by atoms with Crippen LogP contribution in [0.2, 0.25) is 0 Å². The van der Waals surface area contributed by atoms with E-state index in [4.69, 9.17) is 11.5 Å².